The van der Waals surface area contributed by atoms with Gasteiger partial charge in [0.15, 0.2) is 0 Å². The lowest BCUT2D eigenvalue weighted by Crippen LogP contribution is -2.22. The maximum absolute atomic E-state index is 6.03. The minimum atomic E-state index is 0.465. The summed E-state index contributed by atoms with van der Waals surface area (Å²) < 4.78 is 2.07. The zero-order valence-corrected chi connectivity index (χ0v) is 11.8. The summed E-state index contributed by atoms with van der Waals surface area (Å²) >= 11 is 6.03. The molecular formula is C15H18ClN3. The van der Waals surface area contributed by atoms with Crippen LogP contribution in [0.1, 0.15) is 29.4 Å². The molecule has 0 saturated heterocycles. The van der Waals surface area contributed by atoms with Gasteiger partial charge in [-0.25, -0.2) is 4.98 Å². The average molecular weight is 276 g/mol. The molecule has 1 aromatic carbocycles. The molecule has 0 radical (unpaired) electrons. The molecule has 19 heavy (non-hydrogen) atoms. The van der Waals surface area contributed by atoms with Crippen LogP contribution in [0.4, 0.5) is 0 Å². The van der Waals surface area contributed by atoms with Crippen LogP contribution in [0.5, 0.6) is 0 Å². The number of halogens is 1. The number of fused-ring (bicyclic) bond motifs is 1. The van der Waals surface area contributed by atoms with Crippen LogP contribution >= 0.6 is 11.6 Å². The second kappa shape index (κ2) is 5.35. The molecule has 0 amide bonds. The number of benzene rings is 1. The SMILES string of the molecule is Cn1ccnc1CCNC1CCc2cc(Cl)ccc21. The molecule has 1 aliphatic rings. The second-order valence-electron chi connectivity index (χ2n) is 5.09. The van der Waals surface area contributed by atoms with Crippen molar-refractivity contribution in [1.29, 1.82) is 0 Å². The number of hydrogen-bond acceptors (Lipinski definition) is 2. The molecule has 2 aromatic rings. The van der Waals surface area contributed by atoms with Crippen LogP contribution in [-0.4, -0.2) is 16.1 Å². The first kappa shape index (κ1) is 12.7. The van der Waals surface area contributed by atoms with E-state index in [0.717, 1.165) is 36.7 Å². The quantitative estimate of drug-likeness (QED) is 0.930. The first-order chi connectivity index (χ1) is 9.24. The van der Waals surface area contributed by atoms with Gasteiger partial charge in [-0.15, -0.1) is 0 Å². The predicted octanol–water partition coefficient (Wildman–Crippen LogP) is 2.89. The third-order valence-electron chi connectivity index (χ3n) is 3.84. The van der Waals surface area contributed by atoms with Crippen molar-refractivity contribution >= 4 is 11.6 Å². The lowest BCUT2D eigenvalue weighted by atomic mass is 10.1. The fraction of sp³-hybridized carbons (Fsp3) is 0.400. The largest absolute Gasteiger partial charge is 0.338 e. The Labute approximate surface area is 118 Å². The van der Waals surface area contributed by atoms with Crippen LogP contribution < -0.4 is 5.32 Å². The van der Waals surface area contributed by atoms with Gasteiger partial charge < -0.3 is 9.88 Å². The fourth-order valence-electron chi connectivity index (χ4n) is 2.79. The van der Waals surface area contributed by atoms with Gasteiger partial charge in [0.1, 0.15) is 5.82 Å². The van der Waals surface area contributed by atoms with Crippen molar-refractivity contribution in [3.05, 3.63) is 52.6 Å². The van der Waals surface area contributed by atoms with Gasteiger partial charge in [-0.2, -0.15) is 0 Å². The summed E-state index contributed by atoms with van der Waals surface area (Å²) in [7, 11) is 2.04. The summed E-state index contributed by atoms with van der Waals surface area (Å²) in [5.41, 5.74) is 2.80. The van der Waals surface area contributed by atoms with Crippen LogP contribution in [0, 0.1) is 0 Å². The van der Waals surface area contributed by atoms with E-state index in [1.165, 1.54) is 11.1 Å². The molecule has 0 saturated carbocycles. The Balaban J connectivity index is 1.60. The van der Waals surface area contributed by atoms with Crippen molar-refractivity contribution in [3.8, 4) is 0 Å². The standard InChI is InChI=1S/C15H18ClN3/c1-19-9-8-18-15(19)6-7-17-14-5-2-11-10-12(16)3-4-13(11)14/h3-4,8-10,14,17H,2,5-7H2,1H3. The Bertz CT molecular complexity index is 577. The zero-order valence-electron chi connectivity index (χ0n) is 11.1. The van der Waals surface area contributed by atoms with Crippen molar-refractivity contribution < 1.29 is 0 Å². The van der Waals surface area contributed by atoms with Gasteiger partial charge in [0.25, 0.3) is 0 Å². The second-order valence-corrected chi connectivity index (χ2v) is 5.53. The van der Waals surface area contributed by atoms with Crippen LogP contribution in [0.15, 0.2) is 30.6 Å². The number of hydrogen-bond donors (Lipinski definition) is 1. The van der Waals surface area contributed by atoms with Crippen molar-refractivity contribution in [2.45, 2.75) is 25.3 Å². The highest BCUT2D eigenvalue weighted by atomic mass is 35.5. The molecule has 0 bridgehead atoms. The lowest BCUT2D eigenvalue weighted by molar-refractivity contribution is 0.526. The molecule has 0 fully saturated rings. The predicted molar refractivity (Wildman–Crippen MR) is 77.4 cm³/mol. The molecule has 0 spiro atoms. The van der Waals surface area contributed by atoms with E-state index in [0.29, 0.717) is 6.04 Å². The molecular weight excluding hydrogens is 258 g/mol. The molecule has 3 rings (SSSR count). The minimum Gasteiger partial charge on any atom is -0.338 e. The van der Waals surface area contributed by atoms with E-state index >= 15 is 0 Å². The number of nitrogens with zero attached hydrogens (tertiary/aromatic N) is 2. The van der Waals surface area contributed by atoms with Gasteiger partial charge in [-0.3, -0.25) is 0 Å². The van der Waals surface area contributed by atoms with Crippen molar-refractivity contribution in [1.82, 2.24) is 14.9 Å². The summed E-state index contributed by atoms with van der Waals surface area (Å²) in [6.07, 6.45) is 7.08. The van der Waals surface area contributed by atoms with Crippen molar-refractivity contribution in [3.63, 3.8) is 0 Å². The van der Waals surface area contributed by atoms with E-state index in [1.807, 2.05) is 25.5 Å². The summed E-state index contributed by atoms with van der Waals surface area (Å²) in [5.74, 6) is 1.13. The summed E-state index contributed by atoms with van der Waals surface area (Å²) in [6, 6.07) is 6.70. The van der Waals surface area contributed by atoms with Crippen molar-refractivity contribution in [2.75, 3.05) is 6.54 Å². The van der Waals surface area contributed by atoms with E-state index in [9.17, 15) is 0 Å². The highest BCUT2D eigenvalue weighted by Crippen LogP contribution is 2.32. The molecule has 1 aromatic heterocycles. The van der Waals surface area contributed by atoms with E-state index < -0.39 is 0 Å². The monoisotopic (exact) mass is 275 g/mol. The van der Waals surface area contributed by atoms with E-state index in [1.54, 1.807) is 0 Å². The Hall–Kier alpha value is -1.32. The molecule has 0 aliphatic heterocycles. The summed E-state index contributed by atoms with van der Waals surface area (Å²) in [5, 5.41) is 4.47. The van der Waals surface area contributed by atoms with Gasteiger partial charge in [-0.05, 0) is 36.1 Å². The molecule has 100 valence electrons. The fourth-order valence-corrected chi connectivity index (χ4v) is 2.99. The topological polar surface area (TPSA) is 29.9 Å². The first-order valence-corrected chi connectivity index (χ1v) is 7.10. The van der Waals surface area contributed by atoms with Crippen LogP contribution in [0.25, 0.3) is 0 Å². The van der Waals surface area contributed by atoms with E-state index in [-0.39, 0.29) is 0 Å². The number of aromatic nitrogens is 2. The van der Waals surface area contributed by atoms with E-state index in [2.05, 4.69) is 27.0 Å². The smallest absolute Gasteiger partial charge is 0.109 e. The number of aryl methyl sites for hydroxylation is 2. The summed E-state index contributed by atoms with van der Waals surface area (Å²) in [6.45, 7) is 0.956. The molecule has 4 heteroatoms. The third kappa shape index (κ3) is 2.67. The molecule has 1 aliphatic carbocycles. The Morgan fingerprint density at radius 2 is 2.37 bits per heavy atom. The van der Waals surface area contributed by atoms with Gasteiger partial charge in [-0.1, -0.05) is 17.7 Å². The summed E-state index contributed by atoms with van der Waals surface area (Å²) in [4.78, 5) is 4.34. The highest BCUT2D eigenvalue weighted by Gasteiger charge is 2.21. The van der Waals surface area contributed by atoms with Gasteiger partial charge in [0, 0.05) is 43.5 Å². The van der Waals surface area contributed by atoms with Gasteiger partial charge in [0.05, 0.1) is 0 Å². The molecule has 1 atom stereocenters. The maximum Gasteiger partial charge on any atom is 0.109 e. The average Bonchev–Trinajstić information content (AvgIpc) is 2.97. The molecule has 1 N–H and O–H groups in total. The molecule has 3 nitrogen and oxygen atoms in total. The first-order valence-electron chi connectivity index (χ1n) is 6.72. The van der Waals surface area contributed by atoms with Gasteiger partial charge in [0.2, 0.25) is 0 Å². The Morgan fingerprint density at radius 3 is 3.16 bits per heavy atom. The molecule has 1 unspecified atom stereocenters. The normalized spacial score (nSPS) is 17.7. The van der Waals surface area contributed by atoms with Crippen LogP contribution in [-0.2, 0) is 19.9 Å². The molecule has 1 heterocycles. The van der Waals surface area contributed by atoms with Crippen LogP contribution in [0.2, 0.25) is 5.02 Å². The zero-order chi connectivity index (χ0) is 13.2. The van der Waals surface area contributed by atoms with Crippen LogP contribution in [0.3, 0.4) is 0 Å². The van der Waals surface area contributed by atoms with Crippen molar-refractivity contribution in [2.24, 2.45) is 7.05 Å². The van der Waals surface area contributed by atoms with E-state index in [4.69, 9.17) is 11.6 Å². The lowest BCUT2D eigenvalue weighted by Gasteiger charge is -2.14. The highest BCUT2D eigenvalue weighted by molar-refractivity contribution is 6.30. The number of nitrogens with one attached hydrogen (secondary N) is 1. The maximum atomic E-state index is 6.03. The Kier molecular flexibility index (Phi) is 3.58. The third-order valence-corrected chi connectivity index (χ3v) is 4.08. The van der Waals surface area contributed by atoms with Gasteiger partial charge >= 0.3 is 0 Å². The minimum absolute atomic E-state index is 0.465. The Morgan fingerprint density at radius 1 is 1.47 bits per heavy atom. The number of rotatable bonds is 4. The number of imidazole rings is 1.